The summed E-state index contributed by atoms with van der Waals surface area (Å²) in [6, 6.07) is 15.6. The Labute approximate surface area is 152 Å². The Balaban J connectivity index is 1.45. The number of aromatic nitrogens is 3. The number of nitrogens with zero attached hydrogens (tertiary/aromatic N) is 5. The smallest absolute Gasteiger partial charge is 0.254 e. The lowest BCUT2D eigenvalue weighted by atomic mass is 10.1. The van der Waals surface area contributed by atoms with Crippen molar-refractivity contribution in [3.63, 3.8) is 0 Å². The molecule has 130 valence electrons. The molecule has 4 rings (SSSR count). The van der Waals surface area contributed by atoms with Gasteiger partial charge < -0.3 is 9.80 Å². The normalized spacial score (nSPS) is 14.3. The van der Waals surface area contributed by atoms with Crippen LogP contribution in [0.4, 0.5) is 5.82 Å². The van der Waals surface area contributed by atoms with Gasteiger partial charge in [-0.2, -0.15) is 0 Å². The lowest BCUT2D eigenvalue weighted by Gasteiger charge is -2.35. The van der Waals surface area contributed by atoms with E-state index < -0.39 is 0 Å². The fourth-order valence-electron chi connectivity index (χ4n) is 3.10. The number of amides is 1. The van der Waals surface area contributed by atoms with E-state index in [0.717, 1.165) is 30.2 Å². The molecule has 1 saturated heterocycles. The maximum atomic E-state index is 12.5. The van der Waals surface area contributed by atoms with Crippen molar-refractivity contribution in [3.8, 4) is 11.3 Å². The topological polar surface area (TPSA) is 62.2 Å². The Bertz CT molecular complexity index is 877. The molecule has 3 aromatic rings. The fourth-order valence-corrected chi connectivity index (χ4v) is 3.10. The van der Waals surface area contributed by atoms with Crippen LogP contribution in [0, 0.1) is 0 Å². The first kappa shape index (κ1) is 16.2. The van der Waals surface area contributed by atoms with Crippen LogP contribution >= 0.6 is 0 Å². The Hall–Kier alpha value is -3.28. The summed E-state index contributed by atoms with van der Waals surface area (Å²) in [4.78, 5) is 29.4. The largest absolute Gasteiger partial charge is 0.353 e. The van der Waals surface area contributed by atoms with Crippen LogP contribution in [0.25, 0.3) is 11.3 Å². The van der Waals surface area contributed by atoms with E-state index in [1.54, 1.807) is 30.9 Å². The molecule has 1 fully saturated rings. The van der Waals surface area contributed by atoms with Gasteiger partial charge in [-0.15, -0.1) is 0 Å². The Morgan fingerprint density at radius 3 is 2.35 bits per heavy atom. The molecule has 0 aliphatic carbocycles. The molecular weight excluding hydrogens is 326 g/mol. The van der Waals surface area contributed by atoms with Crippen LogP contribution in [0.2, 0.25) is 0 Å². The summed E-state index contributed by atoms with van der Waals surface area (Å²) >= 11 is 0. The molecule has 0 spiro atoms. The SMILES string of the molecule is O=C(c1ccncc1)N1CCN(c2cc(-c3ccccc3)ncn2)CC1. The summed E-state index contributed by atoms with van der Waals surface area (Å²) in [5.74, 6) is 0.953. The van der Waals surface area contributed by atoms with Gasteiger partial charge in [-0.1, -0.05) is 30.3 Å². The van der Waals surface area contributed by atoms with E-state index in [9.17, 15) is 4.79 Å². The number of carbonyl (C=O) groups is 1. The molecule has 1 aliphatic rings. The Morgan fingerprint density at radius 1 is 0.885 bits per heavy atom. The van der Waals surface area contributed by atoms with E-state index in [0.29, 0.717) is 18.7 Å². The van der Waals surface area contributed by atoms with Gasteiger partial charge in [-0.05, 0) is 12.1 Å². The van der Waals surface area contributed by atoms with Crippen molar-refractivity contribution in [1.82, 2.24) is 19.9 Å². The zero-order chi connectivity index (χ0) is 17.8. The molecule has 0 saturated carbocycles. The predicted octanol–water partition coefficient (Wildman–Crippen LogP) is 2.50. The number of benzene rings is 1. The van der Waals surface area contributed by atoms with Crippen LogP contribution in [-0.4, -0.2) is 51.9 Å². The zero-order valence-electron chi connectivity index (χ0n) is 14.3. The van der Waals surface area contributed by atoms with Gasteiger partial charge in [0.25, 0.3) is 5.91 Å². The molecule has 0 radical (unpaired) electrons. The van der Waals surface area contributed by atoms with Gasteiger partial charge in [0.05, 0.1) is 5.69 Å². The molecule has 2 aromatic heterocycles. The average molecular weight is 345 g/mol. The van der Waals surface area contributed by atoms with Crippen LogP contribution < -0.4 is 4.90 Å². The van der Waals surface area contributed by atoms with Crippen molar-refractivity contribution in [1.29, 1.82) is 0 Å². The highest BCUT2D eigenvalue weighted by Gasteiger charge is 2.23. The van der Waals surface area contributed by atoms with Crippen LogP contribution in [0.5, 0.6) is 0 Å². The quantitative estimate of drug-likeness (QED) is 0.730. The molecule has 26 heavy (non-hydrogen) atoms. The van der Waals surface area contributed by atoms with Gasteiger partial charge >= 0.3 is 0 Å². The lowest BCUT2D eigenvalue weighted by molar-refractivity contribution is 0.0746. The molecule has 6 nitrogen and oxygen atoms in total. The summed E-state index contributed by atoms with van der Waals surface area (Å²) in [5, 5.41) is 0. The van der Waals surface area contributed by atoms with Gasteiger partial charge in [-0.25, -0.2) is 9.97 Å². The Morgan fingerprint density at radius 2 is 1.62 bits per heavy atom. The second kappa shape index (κ2) is 7.31. The number of anilines is 1. The number of piperazine rings is 1. The molecule has 1 aliphatic heterocycles. The Kier molecular flexibility index (Phi) is 4.55. The monoisotopic (exact) mass is 345 g/mol. The summed E-state index contributed by atoms with van der Waals surface area (Å²) < 4.78 is 0. The second-order valence-electron chi connectivity index (χ2n) is 6.14. The van der Waals surface area contributed by atoms with Crippen molar-refractivity contribution in [3.05, 3.63) is 72.8 Å². The summed E-state index contributed by atoms with van der Waals surface area (Å²) in [7, 11) is 0. The summed E-state index contributed by atoms with van der Waals surface area (Å²) in [5.41, 5.74) is 2.66. The fraction of sp³-hybridized carbons (Fsp3) is 0.200. The molecule has 1 amide bonds. The van der Waals surface area contributed by atoms with Gasteiger partial charge in [0.1, 0.15) is 12.1 Å². The van der Waals surface area contributed by atoms with Gasteiger partial charge in [0.2, 0.25) is 0 Å². The number of pyridine rings is 1. The highest BCUT2D eigenvalue weighted by atomic mass is 16.2. The van der Waals surface area contributed by atoms with Gasteiger partial charge in [0.15, 0.2) is 0 Å². The minimum atomic E-state index is 0.0553. The third-order valence-electron chi connectivity index (χ3n) is 4.54. The van der Waals surface area contributed by atoms with Crippen LogP contribution in [0.3, 0.4) is 0 Å². The second-order valence-corrected chi connectivity index (χ2v) is 6.14. The first-order valence-electron chi connectivity index (χ1n) is 8.63. The minimum absolute atomic E-state index is 0.0553. The number of hydrogen-bond acceptors (Lipinski definition) is 5. The first-order chi connectivity index (χ1) is 12.8. The highest BCUT2D eigenvalue weighted by Crippen LogP contribution is 2.21. The van der Waals surface area contributed by atoms with Crippen molar-refractivity contribution in [2.24, 2.45) is 0 Å². The molecule has 0 bridgehead atoms. The molecular formula is C20H19N5O. The first-order valence-corrected chi connectivity index (χ1v) is 8.63. The maximum Gasteiger partial charge on any atom is 0.254 e. The van der Waals surface area contributed by atoms with E-state index in [4.69, 9.17) is 0 Å². The minimum Gasteiger partial charge on any atom is -0.353 e. The molecule has 0 N–H and O–H groups in total. The number of rotatable bonds is 3. The standard InChI is InChI=1S/C20H19N5O/c26-20(17-6-8-21-9-7-17)25-12-10-24(11-13-25)19-14-18(22-15-23-19)16-4-2-1-3-5-16/h1-9,14-15H,10-13H2. The summed E-state index contributed by atoms with van der Waals surface area (Å²) in [6.45, 7) is 2.85. The highest BCUT2D eigenvalue weighted by molar-refractivity contribution is 5.94. The van der Waals surface area contributed by atoms with Crippen molar-refractivity contribution in [2.45, 2.75) is 0 Å². The van der Waals surface area contributed by atoms with Crippen LogP contribution in [-0.2, 0) is 0 Å². The van der Waals surface area contributed by atoms with Crippen molar-refractivity contribution in [2.75, 3.05) is 31.1 Å². The molecule has 3 heterocycles. The lowest BCUT2D eigenvalue weighted by Crippen LogP contribution is -2.49. The zero-order valence-corrected chi connectivity index (χ0v) is 14.3. The van der Waals surface area contributed by atoms with E-state index in [2.05, 4.69) is 19.9 Å². The maximum absolute atomic E-state index is 12.5. The summed E-state index contributed by atoms with van der Waals surface area (Å²) in [6.07, 6.45) is 4.90. The molecule has 0 unspecified atom stereocenters. The van der Waals surface area contributed by atoms with Crippen LogP contribution in [0.15, 0.2) is 67.3 Å². The van der Waals surface area contributed by atoms with Crippen molar-refractivity contribution >= 4 is 11.7 Å². The van der Waals surface area contributed by atoms with E-state index >= 15 is 0 Å². The third kappa shape index (κ3) is 3.39. The third-order valence-corrected chi connectivity index (χ3v) is 4.54. The predicted molar refractivity (Wildman–Crippen MR) is 99.8 cm³/mol. The van der Waals surface area contributed by atoms with Gasteiger partial charge in [-0.3, -0.25) is 9.78 Å². The van der Waals surface area contributed by atoms with E-state index in [1.165, 1.54) is 0 Å². The molecule has 0 atom stereocenters. The molecule has 1 aromatic carbocycles. The van der Waals surface area contributed by atoms with E-state index in [1.807, 2.05) is 41.3 Å². The molecule has 6 heteroatoms. The number of carbonyl (C=O) groups excluding carboxylic acids is 1. The average Bonchev–Trinajstić information content (AvgIpc) is 2.75. The van der Waals surface area contributed by atoms with Crippen molar-refractivity contribution < 1.29 is 4.79 Å². The van der Waals surface area contributed by atoms with E-state index in [-0.39, 0.29) is 5.91 Å². The number of hydrogen-bond donors (Lipinski definition) is 0. The van der Waals surface area contributed by atoms with Crippen LogP contribution in [0.1, 0.15) is 10.4 Å². The van der Waals surface area contributed by atoms with Gasteiger partial charge in [0, 0.05) is 55.8 Å².